The average Bonchev–Trinajstić information content (AvgIpc) is 1.98. The largest absolute Gasteiger partial charge is 0.341 e. The van der Waals surface area contributed by atoms with Crippen molar-refractivity contribution < 1.29 is 0 Å². The molecule has 0 aromatic heterocycles. The Morgan fingerprint density at radius 3 is 2.27 bits per heavy atom. The molecule has 0 amide bonds. The van der Waals surface area contributed by atoms with Crippen LogP contribution in [0.3, 0.4) is 0 Å². The van der Waals surface area contributed by atoms with Gasteiger partial charge in [0.25, 0.3) is 0 Å². The first-order valence-corrected chi connectivity index (χ1v) is 4.50. The third-order valence-electron chi connectivity index (χ3n) is 1.62. The molecule has 64 valence electrons. The van der Waals surface area contributed by atoms with E-state index < -0.39 is 0 Å². The van der Waals surface area contributed by atoms with Gasteiger partial charge in [0.15, 0.2) is 0 Å². The predicted molar refractivity (Wildman–Crippen MR) is 54.7 cm³/mol. The van der Waals surface area contributed by atoms with Crippen molar-refractivity contribution in [3.63, 3.8) is 0 Å². The van der Waals surface area contributed by atoms with Gasteiger partial charge in [-0.2, -0.15) is 0 Å². The summed E-state index contributed by atoms with van der Waals surface area (Å²) in [7, 11) is 0. The van der Waals surface area contributed by atoms with Crippen molar-refractivity contribution in [2.45, 2.75) is 33.6 Å². The van der Waals surface area contributed by atoms with Crippen LogP contribution < -0.4 is 0 Å². The molecule has 0 spiro atoms. The van der Waals surface area contributed by atoms with Gasteiger partial charge in [0, 0.05) is 12.2 Å². The zero-order valence-electron chi connectivity index (χ0n) is 7.68. The molecule has 0 radical (unpaired) electrons. The summed E-state index contributed by atoms with van der Waals surface area (Å²) in [6, 6.07) is 0. The fourth-order valence-corrected chi connectivity index (χ4v) is 1.17. The molecule has 0 saturated carbocycles. The maximum atomic E-state index is 5.09. The Labute approximate surface area is 75.1 Å². The van der Waals surface area contributed by atoms with Crippen LogP contribution in [-0.4, -0.2) is 16.4 Å². The molecule has 0 bridgehead atoms. The zero-order valence-corrected chi connectivity index (χ0v) is 8.50. The molecule has 1 nitrogen and oxygen atoms in total. The van der Waals surface area contributed by atoms with Gasteiger partial charge in [-0.3, -0.25) is 0 Å². The summed E-state index contributed by atoms with van der Waals surface area (Å²) in [5.74, 6) is 0. The molecule has 11 heavy (non-hydrogen) atoms. The SMILES string of the molecule is C=C(CC)N(CCC)C(C)=S. The van der Waals surface area contributed by atoms with Crippen molar-refractivity contribution in [1.29, 1.82) is 0 Å². The number of hydrogen-bond donors (Lipinski definition) is 0. The Morgan fingerprint density at radius 2 is 2.00 bits per heavy atom. The highest BCUT2D eigenvalue weighted by atomic mass is 32.1. The highest BCUT2D eigenvalue weighted by molar-refractivity contribution is 7.80. The van der Waals surface area contributed by atoms with Gasteiger partial charge >= 0.3 is 0 Å². The quantitative estimate of drug-likeness (QED) is 0.598. The molecule has 0 unspecified atom stereocenters. The Balaban J connectivity index is 4.09. The van der Waals surface area contributed by atoms with Crippen molar-refractivity contribution in [2.75, 3.05) is 6.54 Å². The molecule has 0 aliphatic heterocycles. The fraction of sp³-hybridized carbons (Fsp3) is 0.667. The van der Waals surface area contributed by atoms with Crippen LogP contribution in [0.2, 0.25) is 0 Å². The highest BCUT2D eigenvalue weighted by Crippen LogP contribution is 2.07. The second-order valence-electron chi connectivity index (χ2n) is 2.59. The standard InChI is InChI=1S/C9H17NS/c1-5-7-10(9(4)11)8(3)6-2/h3,5-7H2,1-2,4H3. The van der Waals surface area contributed by atoms with Crippen LogP contribution in [0.1, 0.15) is 33.6 Å². The lowest BCUT2D eigenvalue weighted by molar-refractivity contribution is 0.499. The summed E-state index contributed by atoms with van der Waals surface area (Å²) < 4.78 is 0. The fourth-order valence-electron chi connectivity index (χ4n) is 0.953. The first-order valence-electron chi connectivity index (χ1n) is 4.09. The Morgan fingerprint density at radius 1 is 1.45 bits per heavy atom. The monoisotopic (exact) mass is 171 g/mol. The first kappa shape index (κ1) is 10.6. The third kappa shape index (κ3) is 3.51. The molecule has 2 heteroatoms. The van der Waals surface area contributed by atoms with Crippen molar-refractivity contribution >= 4 is 17.2 Å². The average molecular weight is 171 g/mol. The van der Waals surface area contributed by atoms with Gasteiger partial charge < -0.3 is 4.90 Å². The number of hydrogen-bond acceptors (Lipinski definition) is 1. The summed E-state index contributed by atoms with van der Waals surface area (Å²) in [6.07, 6.45) is 2.10. The Bertz CT molecular complexity index is 152. The van der Waals surface area contributed by atoms with Gasteiger partial charge in [0.1, 0.15) is 0 Å². The first-order chi connectivity index (χ1) is 5.13. The number of allylic oxidation sites excluding steroid dienone is 1. The molecule has 0 heterocycles. The molecule has 0 aliphatic rings. The summed E-state index contributed by atoms with van der Waals surface area (Å²) >= 11 is 5.09. The van der Waals surface area contributed by atoms with Crippen LogP contribution in [-0.2, 0) is 0 Å². The van der Waals surface area contributed by atoms with E-state index in [0.29, 0.717) is 0 Å². The molecule has 0 fully saturated rings. The second-order valence-corrected chi connectivity index (χ2v) is 3.18. The molecule has 0 N–H and O–H groups in total. The van der Waals surface area contributed by atoms with Crippen LogP contribution in [0, 0.1) is 0 Å². The minimum absolute atomic E-state index is 0.929. The molecule has 0 rings (SSSR count). The summed E-state index contributed by atoms with van der Waals surface area (Å²) in [6.45, 7) is 11.2. The van der Waals surface area contributed by atoms with E-state index in [-0.39, 0.29) is 0 Å². The van der Waals surface area contributed by atoms with Crippen molar-refractivity contribution in [2.24, 2.45) is 0 Å². The highest BCUT2D eigenvalue weighted by Gasteiger charge is 2.05. The minimum Gasteiger partial charge on any atom is -0.341 e. The molecule has 0 atom stereocenters. The van der Waals surface area contributed by atoms with E-state index in [4.69, 9.17) is 12.2 Å². The zero-order chi connectivity index (χ0) is 8.85. The van der Waals surface area contributed by atoms with Crippen LogP contribution >= 0.6 is 12.2 Å². The van der Waals surface area contributed by atoms with Crippen LogP contribution in [0.4, 0.5) is 0 Å². The minimum atomic E-state index is 0.929. The topological polar surface area (TPSA) is 3.24 Å². The summed E-state index contributed by atoms with van der Waals surface area (Å²) in [5, 5.41) is 0. The molecule has 0 aromatic carbocycles. The van der Waals surface area contributed by atoms with E-state index in [1.807, 2.05) is 6.92 Å². The van der Waals surface area contributed by atoms with Crippen LogP contribution in [0.15, 0.2) is 12.3 Å². The van der Waals surface area contributed by atoms with E-state index >= 15 is 0 Å². The van der Waals surface area contributed by atoms with Crippen LogP contribution in [0.5, 0.6) is 0 Å². The van der Waals surface area contributed by atoms with E-state index in [2.05, 4.69) is 25.3 Å². The third-order valence-corrected chi connectivity index (χ3v) is 1.84. The van der Waals surface area contributed by atoms with Gasteiger partial charge in [0.2, 0.25) is 0 Å². The molecular weight excluding hydrogens is 154 g/mol. The summed E-state index contributed by atoms with van der Waals surface area (Å²) in [4.78, 5) is 3.04. The Kier molecular flexibility index (Phi) is 5.12. The lowest BCUT2D eigenvalue weighted by atomic mass is 10.3. The van der Waals surface area contributed by atoms with Gasteiger partial charge in [-0.05, 0) is 19.8 Å². The molecule has 0 saturated heterocycles. The van der Waals surface area contributed by atoms with Crippen molar-refractivity contribution in [3.05, 3.63) is 12.3 Å². The van der Waals surface area contributed by atoms with Gasteiger partial charge in [-0.15, -0.1) is 0 Å². The van der Waals surface area contributed by atoms with Crippen LogP contribution in [0.25, 0.3) is 0 Å². The molecule has 0 aliphatic carbocycles. The van der Waals surface area contributed by atoms with E-state index in [0.717, 1.165) is 30.1 Å². The maximum Gasteiger partial charge on any atom is 0.0789 e. The van der Waals surface area contributed by atoms with Gasteiger partial charge in [-0.1, -0.05) is 32.6 Å². The van der Waals surface area contributed by atoms with E-state index in [9.17, 15) is 0 Å². The van der Waals surface area contributed by atoms with Gasteiger partial charge in [0.05, 0.1) is 4.99 Å². The smallest absolute Gasteiger partial charge is 0.0789 e. The number of nitrogens with zero attached hydrogens (tertiary/aromatic N) is 1. The lowest BCUT2D eigenvalue weighted by Crippen LogP contribution is -2.26. The van der Waals surface area contributed by atoms with E-state index in [1.54, 1.807) is 0 Å². The molecular formula is C9H17NS. The Hall–Kier alpha value is -0.370. The van der Waals surface area contributed by atoms with E-state index in [1.165, 1.54) is 0 Å². The number of rotatable bonds is 4. The van der Waals surface area contributed by atoms with Crippen molar-refractivity contribution in [1.82, 2.24) is 4.90 Å². The predicted octanol–water partition coefficient (Wildman–Crippen LogP) is 2.97. The van der Waals surface area contributed by atoms with Gasteiger partial charge in [-0.25, -0.2) is 0 Å². The van der Waals surface area contributed by atoms with Crippen molar-refractivity contribution in [3.8, 4) is 0 Å². The normalized spacial score (nSPS) is 9.36. The molecule has 0 aromatic rings. The number of thiocarbonyl (C=S) groups is 1. The maximum absolute atomic E-state index is 5.09. The lowest BCUT2D eigenvalue weighted by Gasteiger charge is -2.24. The second kappa shape index (κ2) is 5.30. The summed E-state index contributed by atoms with van der Waals surface area (Å²) in [5.41, 5.74) is 1.12.